The van der Waals surface area contributed by atoms with Gasteiger partial charge in [-0.25, -0.2) is 0 Å². The van der Waals surface area contributed by atoms with E-state index < -0.39 is 0 Å². The molecule has 2 saturated heterocycles. The first kappa shape index (κ1) is 12.9. The summed E-state index contributed by atoms with van der Waals surface area (Å²) in [6.45, 7) is 8.59. The summed E-state index contributed by atoms with van der Waals surface area (Å²) < 4.78 is 11.9. The van der Waals surface area contributed by atoms with Crippen LogP contribution in [0.3, 0.4) is 0 Å². The average molecular weight is 253 g/mol. The molecule has 18 heavy (non-hydrogen) atoms. The van der Waals surface area contributed by atoms with Gasteiger partial charge in [-0.3, -0.25) is 5.32 Å². The maximum Gasteiger partial charge on any atom is 0.119 e. The van der Waals surface area contributed by atoms with Gasteiger partial charge in [-0.15, -0.1) is 0 Å². The summed E-state index contributed by atoms with van der Waals surface area (Å²) in [5, 5.41) is 3.78. The highest BCUT2D eigenvalue weighted by atomic mass is 16.5. The maximum absolute atomic E-state index is 6.37. The van der Waals surface area contributed by atoms with Crippen molar-refractivity contribution in [3.63, 3.8) is 0 Å². The first-order chi connectivity index (χ1) is 8.62. The van der Waals surface area contributed by atoms with Crippen LogP contribution in [0.2, 0.25) is 0 Å². The van der Waals surface area contributed by atoms with E-state index in [2.05, 4.69) is 19.2 Å². The van der Waals surface area contributed by atoms with E-state index in [0.29, 0.717) is 5.41 Å². The van der Waals surface area contributed by atoms with Gasteiger partial charge in [0.25, 0.3) is 0 Å². The lowest BCUT2D eigenvalue weighted by Gasteiger charge is -2.52. The minimum Gasteiger partial charge on any atom is -0.381 e. The van der Waals surface area contributed by atoms with Gasteiger partial charge in [0.1, 0.15) is 5.72 Å². The Bertz CT molecular complexity index is 277. The third kappa shape index (κ3) is 2.45. The van der Waals surface area contributed by atoms with E-state index >= 15 is 0 Å². The van der Waals surface area contributed by atoms with Crippen LogP contribution in [0.25, 0.3) is 0 Å². The molecule has 3 rings (SSSR count). The molecule has 3 nitrogen and oxygen atoms in total. The van der Waals surface area contributed by atoms with Crippen LogP contribution in [-0.4, -0.2) is 32.1 Å². The minimum atomic E-state index is -0.0133. The lowest BCUT2D eigenvalue weighted by molar-refractivity contribution is -0.190. The van der Waals surface area contributed by atoms with E-state index in [4.69, 9.17) is 9.47 Å². The zero-order valence-electron chi connectivity index (χ0n) is 11.8. The second kappa shape index (κ2) is 4.77. The van der Waals surface area contributed by atoms with Gasteiger partial charge in [-0.1, -0.05) is 13.8 Å². The van der Waals surface area contributed by atoms with E-state index in [1.165, 1.54) is 19.3 Å². The molecule has 0 aromatic heterocycles. The molecule has 2 atom stereocenters. The van der Waals surface area contributed by atoms with Crippen LogP contribution in [0.4, 0.5) is 0 Å². The van der Waals surface area contributed by atoms with Crippen molar-refractivity contribution in [2.45, 2.75) is 51.7 Å². The molecule has 0 aromatic rings. The highest BCUT2D eigenvalue weighted by Crippen LogP contribution is 2.42. The quantitative estimate of drug-likeness (QED) is 0.719. The Morgan fingerprint density at radius 3 is 2.28 bits per heavy atom. The normalized spacial score (nSPS) is 44.3. The standard InChI is InChI=1S/C15H27NO2/c1-12-7-13(2)9-15(8-12)16-10-14(11-18-15)3-5-17-6-4-14/h12-13,16H,3-11H2,1-2H3. The summed E-state index contributed by atoms with van der Waals surface area (Å²) in [5.74, 6) is 1.56. The number of hydrogen-bond donors (Lipinski definition) is 1. The summed E-state index contributed by atoms with van der Waals surface area (Å²) in [5.41, 5.74) is 0.341. The summed E-state index contributed by atoms with van der Waals surface area (Å²) in [6, 6.07) is 0. The van der Waals surface area contributed by atoms with Gasteiger partial charge in [0.15, 0.2) is 0 Å². The van der Waals surface area contributed by atoms with E-state index in [1.54, 1.807) is 0 Å². The number of nitrogens with one attached hydrogen (secondary N) is 1. The highest BCUT2D eigenvalue weighted by Gasteiger charge is 2.46. The van der Waals surface area contributed by atoms with Crippen LogP contribution in [-0.2, 0) is 9.47 Å². The highest BCUT2D eigenvalue weighted by molar-refractivity contribution is 4.96. The van der Waals surface area contributed by atoms with Gasteiger partial charge in [-0.05, 0) is 43.9 Å². The van der Waals surface area contributed by atoms with Gasteiger partial charge in [0.2, 0.25) is 0 Å². The van der Waals surface area contributed by atoms with Crippen molar-refractivity contribution < 1.29 is 9.47 Å². The van der Waals surface area contributed by atoms with Gasteiger partial charge in [-0.2, -0.15) is 0 Å². The number of hydrogen-bond acceptors (Lipinski definition) is 3. The fourth-order valence-corrected chi connectivity index (χ4v) is 4.19. The zero-order valence-corrected chi connectivity index (χ0v) is 11.8. The third-order valence-corrected chi connectivity index (χ3v) is 5.15. The first-order valence-corrected chi connectivity index (χ1v) is 7.58. The smallest absolute Gasteiger partial charge is 0.119 e. The van der Waals surface area contributed by atoms with Crippen LogP contribution >= 0.6 is 0 Å². The van der Waals surface area contributed by atoms with Gasteiger partial charge in [0.05, 0.1) is 6.61 Å². The SMILES string of the molecule is CC1CC(C)CC2(C1)NCC1(CCOCC1)CO2. The Balaban J connectivity index is 1.64. The first-order valence-electron chi connectivity index (χ1n) is 7.58. The molecule has 0 aromatic carbocycles. The molecule has 1 saturated carbocycles. The zero-order chi connectivity index (χ0) is 12.6. The molecule has 104 valence electrons. The Morgan fingerprint density at radius 1 is 1.06 bits per heavy atom. The summed E-state index contributed by atoms with van der Waals surface area (Å²) in [6.07, 6.45) is 6.03. The lowest BCUT2D eigenvalue weighted by Crippen LogP contribution is -2.62. The molecule has 0 amide bonds. The second-order valence-corrected chi connectivity index (χ2v) is 7.10. The van der Waals surface area contributed by atoms with Crippen molar-refractivity contribution in [2.75, 3.05) is 26.4 Å². The molecule has 3 heteroatoms. The van der Waals surface area contributed by atoms with Crippen molar-refractivity contribution >= 4 is 0 Å². The summed E-state index contributed by atoms with van der Waals surface area (Å²) >= 11 is 0. The Hall–Kier alpha value is -0.120. The van der Waals surface area contributed by atoms with Crippen LogP contribution in [0.5, 0.6) is 0 Å². The molecule has 2 unspecified atom stereocenters. The Morgan fingerprint density at radius 2 is 1.72 bits per heavy atom. The molecule has 3 fully saturated rings. The minimum absolute atomic E-state index is 0.0133. The second-order valence-electron chi connectivity index (χ2n) is 7.10. The largest absolute Gasteiger partial charge is 0.381 e. The lowest BCUT2D eigenvalue weighted by atomic mass is 9.74. The van der Waals surface area contributed by atoms with Gasteiger partial charge >= 0.3 is 0 Å². The average Bonchev–Trinajstić information content (AvgIpc) is 2.34. The van der Waals surface area contributed by atoms with E-state index in [-0.39, 0.29) is 5.72 Å². The predicted molar refractivity (Wildman–Crippen MR) is 71.4 cm³/mol. The molecule has 1 aliphatic carbocycles. The Kier molecular flexibility index (Phi) is 3.41. The fraction of sp³-hybridized carbons (Fsp3) is 1.00. The number of rotatable bonds is 0. The van der Waals surface area contributed by atoms with Gasteiger partial charge in [0, 0.05) is 25.2 Å². The fourth-order valence-electron chi connectivity index (χ4n) is 4.19. The van der Waals surface area contributed by atoms with Crippen molar-refractivity contribution in [1.29, 1.82) is 0 Å². The Labute approximate surface area is 111 Å². The van der Waals surface area contributed by atoms with Crippen LogP contribution < -0.4 is 5.32 Å². The molecule has 1 N–H and O–H groups in total. The third-order valence-electron chi connectivity index (χ3n) is 5.15. The summed E-state index contributed by atoms with van der Waals surface area (Å²) in [4.78, 5) is 0. The molecule has 2 spiro atoms. The molecule has 3 aliphatic rings. The van der Waals surface area contributed by atoms with E-state index in [9.17, 15) is 0 Å². The van der Waals surface area contributed by atoms with Crippen LogP contribution in [0.15, 0.2) is 0 Å². The summed E-state index contributed by atoms with van der Waals surface area (Å²) in [7, 11) is 0. The topological polar surface area (TPSA) is 30.5 Å². The van der Waals surface area contributed by atoms with Crippen molar-refractivity contribution in [3.8, 4) is 0 Å². The molecule has 0 bridgehead atoms. The van der Waals surface area contributed by atoms with E-state index in [0.717, 1.165) is 51.0 Å². The predicted octanol–water partition coefficient (Wildman–Crippen LogP) is 2.56. The number of ether oxygens (including phenoxy) is 2. The van der Waals surface area contributed by atoms with Crippen molar-refractivity contribution in [3.05, 3.63) is 0 Å². The van der Waals surface area contributed by atoms with Crippen LogP contribution in [0, 0.1) is 17.3 Å². The monoisotopic (exact) mass is 253 g/mol. The van der Waals surface area contributed by atoms with E-state index in [1.807, 2.05) is 0 Å². The molecule has 0 radical (unpaired) electrons. The molecular weight excluding hydrogens is 226 g/mol. The van der Waals surface area contributed by atoms with Gasteiger partial charge < -0.3 is 9.47 Å². The van der Waals surface area contributed by atoms with Crippen molar-refractivity contribution in [2.24, 2.45) is 17.3 Å². The van der Waals surface area contributed by atoms with Crippen molar-refractivity contribution in [1.82, 2.24) is 5.32 Å². The van der Waals surface area contributed by atoms with Crippen LogP contribution in [0.1, 0.15) is 46.0 Å². The maximum atomic E-state index is 6.37. The molecule has 2 aliphatic heterocycles. The molecule has 2 heterocycles. The molecular formula is C15H27NO2.